The van der Waals surface area contributed by atoms with Crippen LogP contribution in [0.3, 0.4) is 0 Å². The highest BCUT2D eigenvalue weighted by Crippen LogP contribution is 2.04. The standard InChI is InChI=1S/C11H19N3O3/c1-8(6-15)5-14-11(16)3-10(4-13-14)17-7-9(2)12/h3-4,8-9,15H,5-7,12H2,1-2H3. The monoisotopic (exact) mass is 241 g/mol. The third-order valence-electron chi connectivity index (χ3n) is 2.15. The summed E-state index contributed by atoms with van der Waals surface area (Å²) in [6, 6.07) is 1.28. The molecule has 6 heteroatoms. The van der Waals surface area contributed by atoms with Crippen LogP contribution in [0.15, 0.2) is 17.1 Å². The van der Waals surface area contributed by atoms with E-state index in [1.165, 1.54) is 16.9 Å². The van der Waals surface area contributed by atoms with Gasteiger partial charge in [-0.05, 0) is 12.8 Å². The summed E-state index contributed by atoms with van der Waals surface area (Å²) < 4.78 is 6.59. The second-order valence-electron chi connectivity index (χ2n) is 4.29. The van der Waals surface area contributed by atoms with Crippen molar-refractivity contribution in [2.24, 2.45) is 11.7 Å². The third-order valence-corrected chi connectivity index (χ3v) is 2.15. The molecule has 2 unspecified atom stereocenters. The van der Waals surface area contributed by atoms with Gasteiger partial charge in [0.15, 0.2) is 0 Å². The Morgan fingerprint density at radius 1 is 1.59 bits per heavy atom. The lowest BCUT2D eigenvalue weighted by Gasteiger charge is -2.11. The predicted molar refractivity (Wildman–Crippen MR) is 63.9 cm³/mol. The number of aromatic nitrogens is 2. The zero-order chi connectivity index (χ0) is 12.8. The Bertz CT molecular complexity index is 403. The van der Waals surface area contributed by atoms with Gasteiger partial charge in [0.05, 0.1) is 6.20 Å². The first-order chi connectivity index (χ1) is 8.02. The summed E-state index contributed by atoms with van der Waals surface area (Å²) in [6.07, 6.45) is 1.48. The average Bonchev–Trinajstić information content (AvgIpc) is 2.29. The van der Waals surface area contributed by atoms with E-state index in [1.54, 1.807) is 0 Å². The van der Waals surface area contributed by atoms with Crippen molar-refractivity contribution in [2.75, 3.05) is 13.2 Å². The largest absolute Gasteiger partial charge is 0.490 e. The van der Waals surface area contributed by atoms with Crippen molar-refractivity contribution < 1.29 is 9.84 Å². The Hall–Kier alpha value is -1.40. The van der Waals surface area contributed by atoms with Gasteiger partial charge in [-0.2, -0.15) is 5.10 Å². The van der Waals surface area contributed by atoms with Crippen LogP contribution < -0.4 is 16.0 Å². The van der Waals surface area contributed by atoms with Crippen molar-refractivity contribution in [1.29, 1.82) is 0 Å². The molecule has 6 nitrogen and oxygen atoms in total. The smallest absolute Gasteiger partial charge is 0.270 e. The molecule has 0 bridgehead atoms. The van der Waals surface area contributed by atoms with Gasteiger partial charge >= 0.3 is 0 Å². The highest BCUT2D eigenvalue weighted by Gasteiger charge is 2.06. The molecule has 96 valence electrons. The van der Waals surface area contributed by atoms with Crippen LogP contribution in [0, 0.1) is 5.92 Å². The Morgan fingerprint density at radius 2 is 2.29 bits per heavy atom. The second kappa shape index (κ2) is 6.36. The van der Waals surface area contributed by atoms with Gasteiger partial charge < -0.3 is 15.6 Å². The molecule has 0 saturated heterocycles. The molecule has 0 spiro atoms. The van der Waals surface area contributed by atoms with Gasteiger partial charge in [-0.3, -0.25) is 4.79 Å². The van der Waals surface area contributed by atoms with Crippen LogP contribution in [0.2, 0.25) is 0 Å². The zero-order valence-corrected chi connectivity index (χ0v) is 10.2. The minimum Gasteiger partial charge on any atom is -0.490 e. The lowest BCUT2D eigenvalue weighted by molar-refractivity contribution is 0.216. The molecule has 1 aromatic rings. The van der Waals surface area contributed by atoms with Crippen molar-refractivity contribution in [3.05, 3.63) is 22.6 Å². The van der Waals surface area contributed by atoms with Crippen LogP contribution in [0.1, 0.15) is 13.8 Å². The lowest BCUT2D eigenvalue weighted by Crippen LogP contribution is -2.27. The highest BCUT2D eigenvalue weighted by atomic mass is 16.5. The van der Waals surface area contributed by atoms with Crippen LogP contribution in [0.5, 0.6) is 5.75 Å². The maximum Gasteiger partial charge on any atom is 0.270 e. The van der Waals surface area contributed by atoms with Crippen LogP contribution >= 0.6 is 0 Å². The van der Waals surface area contributed by atoms with Gasteiger partial charge in [0, 0.05) is 25.3 Å². The summed E-state index contributed by atoms with van der Waals surface area (Å²) in [4.78, 5) is 11.6. The van der Waals surface area contributed by atoms with E-state index in [-0.39, 0.29) is 24.1 Å². The first kappa shape index (κ1) is 13.7. The van der Waals surface area contributed by atoms with Gasteiger partial charge in [0.1, 0.15) is 12.4 Å². The maximum absolute atomic E-state index is 11.6. The Balaban J connectivity index is 2.69. The van der Waals surface area contributed by atoms with Gasteiger partial charge in [-0.1, -0.05) is 6.92 Å². The Labute approximate surface area is 100 Å². The molecule has 0 saturated carbocycles. The molecule has 17 heavy (non-hydrogen) atoms. The molecule has 0 radical (unpaired) electrons. The first-order valence-corrected chi connectivity index (χ1v) is 5.59. The van der Waals surface area contributed by atoms with Crippen molar-refractivity contribution in [2.45, 2.75) is 26.4 Å². The molecule has 0 fully saturated rings. The van der Waals surface area contributed by atoms with Crippen LogP contribution in [-0.4, -0.2) is 34.1 Å². The quantitative estimate of drug-likeness (QED) is 0.707. The minimum absolute atomic E-state index is 0.00367. The fourth-order valence-corrected chi connectivity index (χ4v) is 1.21. The summed E-state index contributed by atoms with van der Waals surface area (Å²) in [5, 5.41) is 12.9. The number of rotatable bonds is 6. The number of nitrogens with zero attached hydrogens (tertiary/aromatic N) is 2. The summed E-state index contributed by atoms with van der Waals surface area (Å²) in [6.45, 7) is 4.42. The van der Waals surface area contributed by atoms with Gasteiger partial charge in [0.25, 0.3) is 5.56 Å². The number of hydrogen-bond donors (Lipinski definition) is 2. The van der Waals surface area contributed by atoms with E-state index in [2.05, 4.69) is 5.10 Å². The van der Waals surface area contributed by atoms with Gasteiger partial charge in [0.2, 0.25) is 0 Å². The fraction of sp³-hybridized carbons (Fsp3) is 0.636. The minimum atomic E-state index is -0.243. The van der Waals surface area contributed by atoms with Crippen LogP contribution in [-0.2, 0) is 6.54 Å². The van der Waals surface area contributed by atoms with Crippen molar-refractivity contribution in [3.8, 4) is 5.75 Å². The number of aliphatic hydroxyl groups is 1. The average molecular weight is 241 g/mol. The summed E-state index contributed by atoms with van der Waals surface area (Å²) in [5.41, 5.74) is 5.29. The molecular weight excluding hydrogens is 222 g/mol. The molecule has 1 aromatic heterocycles. The number of aliphatic hydroxyl groups excluding tert-OH is 1. The lowest BCUT2D eigenvalue weighted by atomic mass is 10.2. The molecule has 3 N–H and O–H groups in total. The Morgan fingerprint density at radius 3 is 2.82 bits per heavy atom. The van der Waals surface area contributed by atoms with Gasteiger partial charge in [-0.25, -0.2) is 4.68 Å². The van der Waals surface area contributed by atoms with Crippen molar-refractivity contribution in [3.63, 3.8) is 0 Å². The van der Waals surface area contributed by atoms with E-state index in [4.69, 9.17) is 15.6 Å². The van der Waals surface area contributed by atoms with E-state index >= 15 is 0 Å². The van der Waals surface area contributed by atoms with E-state index in [1.807, 2.05) is 13.8 Å². The molecule has 0 aromatic carbocycles. The van der Waals surface area contributed by atoms with E-state index in [0.717, 1.165) is 0 Å². The summed E-state index contributed by atoms with van der Waals surface area (Å²) in [5.74, 6) is 0.413. The fourth-order valence-electron chi connectivity index (χ4n) is 1.21. The third kappa shape index (κ3) is 4.54. The maximum atomic E-state index is 11.6. The predicted octanol–water partition coefficient (Wildman–Crippen LogP) is -0.402. The Kier molecular flexibility index (Phi) is 5.11. The van der Waals surface area contributed by atoms with Gasteiger partial charge in [-0.15, -0.1) is 0 Å². The molecule has 1 heterocycles. The number of nitrogens with two attached hydrogens (primary N) is 1. The summed E-state index contributed by atoms with van der Waals surface area (Å²) in [7, 11) is 0. The SMILES string of the molecule is CC(N)COc1cnn(CC(C)CO)c(=O)c1. The molecule has 2 atom stereocenters. The second-order valence-corrected chi connectivity index (χ2v) is 4.29. The summed E-state index contributed by atoms with van der Waals surface area (Å²) >= 11 is 0. The molecular formula is C11H19N3O3. The van der Waals surface area contributed by atoms with E-state index < -0.39 is 0 Å². The zero-order valence-electron chi connectivity index (χ0n) is 10.2. The molecule has 0 aliphatic carbocycles. The molecule has 0 aliphatic heterocycles. The van der Waals surface area contributed by atoms with E-state index in [9.17, 15) is 4.79 Å². The number of hydrogen-bond acceptors (Lipinski definition) is 5. The van der Waals surface area contributed by atoms with E-state index in [0.29, 0.717) is 18.9 Å². The molecule has 1 rings (SSSR count). The first-order valence-electron chi connectivity index (χ1n) is 5.59. The molecule has 0 amide bonds. The van der Waals surface area contributed by atoms with Crippen LogP contribution in [0.25, 0.3) is 0 Å². The van der Waals surface area contributed by atoms with Crippen molar-refractivity contribution >= 4 is 0 Å². The molecule has 0 aliphatic rings. The topological polar surface area (TPSA) is 90.4 Å². The normalized spacial score (nSPS) is 14.4. The van der Waals surface area contributed by atoms with Crippen molar-refractivity contribution in [1.82, 2.24) is 9.78 Å². The highest BCUT2D eigenvalue weighted by molar-refractivity contribution is 5.13. The number of ether oxygens (including phenoxy) is 1. The van der Waals surface area contributed by atoms with Crippen LogP contribution in [0.4, 0.5) is 0 Å².